The zero-order chi connectivity index (χ0) is 11.4. The molecule has 0 aromatic rings. The molecule has 0 amide bonds. The topological polar surface area (TPSA) is 20.2 Å². The molecule has 0 aliphatic heterocycles. The maximum atomic E-state index is 8.06. The zero-order valence-corrected chi connectivity index (χ0v) is 11.9. The maximum absolute atomic E-state index is 8.06. The van der Waals surface area contributed by atoms with Crippen molar-refractivity contribution in [1.82, 2.24) is 0 Å². The van der Waals surface area contributed by atoms with E-state index in [9.17, 15) is 0 Å². The Labute approximate surface area is 102 Å². The molecule has 3 heteroatoms. The Hall–Kier alpha value is 0.210. The molecule has 2 nitrogen and oxygen atoms in total. The molecule has 0 saturated heterocycles. The van der Waals surface area contributed by atoms with E-state index < -0.39 is 0 Å². The summed E-state index contributed by atoms with van der Waals surface area (Å²) in [4.78, 5) is 0. The van der Waals surface area contributed by atoms with Gasteiger partial charge in [-0.2, -0.15) is 0 Å². The highest BCUT2D eigenvalue weighted by Gasteiger charge is 2.37. The molecule has 1 aliphatic rings. The van der Waals surface area contributed by atoms with Crippen molar-refractivity contribution < 1.29 is 22.0 Å². The monoisotopic (exact) mass is 237 g/mol. The Morgan fingerprint density at radius 3 is 1.73 bits per heavy atom. The second-order valence-corrected chi connectivity index (χ2v) is 5.27. The minimum absolute atomic E-state index is 0. The van der Waals surface area contributed by atoms with Crippen molar-refractivity contribution in [3.05, 3.63) is 0 Å². The molecule has 0 heterocycles. The summed E-state index contributed by atoms with van der Waals surface area (Å²) in [5.41, 5.74) is 0. The first-order valence-corrected chi connectivity index (χ1v) is 5.82. The Bertz CT molecular complexity index is 153. The van der Waals surface area contributed by atoms with E-state index in [1.165, 1.54) is 23.9 Å². The molecule has 0 aromatic carbocycles. The van der Waals surface area contributed by atoms with E-state index in [0.29, 0.717) is 0 Å². The molecule has 15 heavy (non-hydrogen) atoms. The summed E-state index contributed by atoms with van der Waals surface area (Å²) in [6, 6.07) is 0.880. The third-order valence-electron chi connectivity index (χ3n) is 3.22. The number of quaternary nitrogens is 1. The van der Waals surface area contributed by atoms with Gasteiger partial charge in [-0.3, -0.25) is 0 Å². The van der Waals surface area contributed by atoms with E-state index in [2.05, 4.69) is 27.9 Å². The number of rotatable bonds is 3. The van der Waals surface area contributed by atoms with E-state index in [4.69, 9.17) is 5.11 Å². The maximum Gasteiger partial charge on any atom is 0.0886 e. The summed E-state index contributed by atoms with van der Waals surface area (Å²) >= 11 is 0. The Kier molecular flexibility index (Phi) is 8.77. The first kappa shape index (κ1) is 17.6. The summed E-state index contributed by atoms with van der Waals surface area (Å²) in [7, 11) is 4.67. The van der Waals surface area contributed by atoms with Crippen LogP contribution in [-0.2, 0) is 0 Å². The summed E-state index contributed by atoms with van der Waals surface area (Å²) in [5.74, 6) is 1.04. The van der Waals surface area contributed by atoms with Crippen LogP contribution in [0.25, 0.3) is 0 Å². The molecule has 0 radical (unpaired) electrons. The van der Waals surface area contributed by atoms with Crippen molar-refractivity contribution in [3.8, 4) is 0 Å². The van der Waals surface area contributed by atoms with Crippen LogP contribution in [0.1, 0.15) is 40.5 Å². The highest BCUT2D eigenvalue weighted by Crippen LogP contribution is 2.36. The second kappa shape index (κ2) is 7.48. The van der Waals surface area contributed by atoms with Gasteiger partial charge in [-0.05, 0) is 40.5 Å². The van der Waals surface area contributed by atoms with Gasteiger partial charge in [0.2, 0.25) is 0 Å². The van der Waals surface area contributed by atoms with Gasteiger partial charge in [0.25, 0.3) is 0 Å². The minimum atomic E-state index is -0.167. The highest BCUT2D eigenvalue weighted by atomic mass is 35.5. The van der Waals surface area contributed by atoms with E-state index in [1.807, 2.05) is 0 Å². The van der Waals surface area contributed by atoms with Crippen molar-refractivity contribution in [2.75, 3.05) is 20.6 Å². The van der Waals surface area contributed by atoms with Crippen LogP contribution >= 0.6 is 0 Å². The molecule has 0 bridgehead atoms. The first-order valence-electron chi connectivity index (χ1n) is 5.82. The molecule has 1 fully saturated rings. The lowest BCUT2D eigenvalue weighted by molar-refractivity contribution is -0.913. The second-order valence-electron chi connectivity index (χ2n) is 5.27. The van der Waals surface area contributed by atoms with Crippen molar-refractivity contribution in [3.63, 3.8) is 0 Å². The Balaban J connectivity index is 0. The summed E-state index contributed by atoms with van der Waals surface area (Å²) in [6.07, 6.45) is 2.78. The number of halogens is 1. The van der Waals surface area contributed by atoms with Crippen LogP contribution in [0.3, 0.4) is 0 Å². The normalized spacial score (nSPS) is 17.6. The van der Waals surface area contributed by atoms with Gasteiger partial charge in [-0.15, -0.1) is 0 Å². The quantitative estimate of drug-likeness (QED) is 0.642. The fraction of sp³-hybridized carbons (Fsp3) is 1.00. The van der Waals surface area contributed by atoms with Gasteiger partial charge in [-0.1, -0.05) is 0 Å². The predicted octanol–water partition coefficient (Wildman–Crippen LogP) is -0.728. The minimum Gasteiger partial charge on any atom is -1.00 e. The van der Waals surface area contributed by atoms with E-state index >= 15 is 0 Å². The lowest BCUT2D eigenvalue weighted by Gasteiger charge is -2.35. The molecular formula is C12H28ClNO. The predicted molar refractivity (Wildman–Crippen MR) is 62.2 cm³/mol. The SMILES string of the molecule is CC(C)O.CC[N+](C)(C)C(C)C1CC1.[Cl-]. The van der Waals surface area contributed by atoms with Crippen LogP contribution in [-0.4, -0.2) is 42.4 Å². The molecule has 1 aliphatic carbocycles. The Morgan fingerprint density at radius 1 is 1.20 bits per heavy atom. The number of aliphatic hydroxyl groups is 1. The molecule has 1 unspecified atom stereocenters. The molecular weight excluding hydrogens is 210 g/mol. The first-order chi connectivity index (χ1) is 6.31. The number of aliphatic hydroxyl groups excluding tert-OH is 1. The van der Waals surface area contributed by atoms with Crippen molar-refractivity contribution in [2.45, 2.75) is 52.7 Å². The van der Waals surface area contributed by atoms with Crippen molar-refractivity contribution in [1.29, 1.82) is 0 Å². The van der Waals surface area contributed by atoms with Crippen LogP contribution in [0, 0.1) is 5.92 Å². The van der Waals surface area contributed by atoms with Gasteiger partial charge >= 0.3 is 0 Å². The lowest BCUT2D eigenvalue weighted by Crippen LogP contribution is -3.00. The van der Waals surface area contributed by atoms with Crippen LogP contribution in [0.2, 0.25) is 0 Å². The highest BCUT2D eigenvalue weighted by molar-refractivity contribution is 4.79. The molecule has 1 N–H and O–H groups in total. The fourth-order valence-electron chi connectivity index (χ4n) is 1.44. The van der Waals surface area contributed by atoms with E-state index in [0.717, 1.165) is 12.0 Å². The largest absolute Gasteiger partial charge is 1.00 e. The molecule has 0 aromatic heterocycles. The Morgan fingerprint density at radius 2 is 1.53 bits per heavy atom. The number of nitrogens with zero attached hydrogens (tertiary/aromatic N) is 1. The van der Waals surface area contributed by atoms with Gasteiger partial charge in [0, 0.05) is 12.0 Å². The average molecular weight is 238 g/mol. The average Bonchev–Trinajstić information content (AvgIpc) is 2.84. The lowest BCUT2D eigenvalue weighted by atomic mass is 10.1. The smallest absolute Gasteiger partial charge is 0.0886 e. The number of hydrogen-bond acceptors (Lipinski definition) is 1. The van der Waals surface area contributed by atoms with Crippen LogP contribution in [0.4, 0.5) is 0 Å². The van der Waals surface area contributed by atoms with Gasteiger partial charge in [-0.25, -0.2) is 0 Å². The molecule has 0 spiro atoms. The van der Waals surface area contributed by atoms with Gasteiger partial charge in [0.05, 0.1) is 26.7 Å². The van der Waals surface area contributed by atoms with Crippen LogP contribution < -0.4 is 12.4 Å². The molecule has 1 atom stereocenters. The van der Waals surface area contributed by atoms with Gasteiger partial charge in [0.1, 0.15) is 0 Å². The zero-order valence-electron chi connectivity index (χ0n) is 11.1. The summed E-state index contributed by atoms with van der Waals surface area (Å²) in [5, 5.41) is 8.06. The van der Waals surface area contributed by atoms with Crippen LogP contribution in [0.15, 0.2) is 0 Å². The standard InChI is InChI=1S/C9H20N.C3H8O.ClH/c1-5-10(3,4)8(2)9-6-7-9;1-3(2)4;/h8-9H,5-7H2,1-4H3;3-4H,1-2H3;1H/q+1;;/p-1. The van der Waals surface area contributed by atoms with Gasteiger partial charge in [0.15, 0.2) is 0 Å². The summed E-state index contributed by atoms with van der Waals surface area (Å²) < 4.78 is 1.20. The molecule has 94 valence electrons. The third-order valence-corrected chi connectivity index (χ3v) is 3.22. The summed E-state index contributed by atoms with van der Waals surface area (Å²) in [6.45, 7) is 9.37. The molecule has 1 rings (SSSR count). The fourth-order valence-corrected chi connectivity index (χ4v) is 1.44. The van der Waals surface area contributed by atoms with E-state index in [1.54, 1.807) is 13.8 Å². The van der Waals surface area contributed by atoms with E-state index in [-0.39, 0.29) is 18.5 Å². The van der Waals surface area contributed by atoms with Crippen molar-refractivity contribution in [2.24, 2.45) is 5.92 Å². The molecule has 1 saturated carbocycles. The van der Waals surface area contributed by atoms with Crippen molar-refractivity contribution >= 4 is 0 Å². The third kappa shape index (κ3) is 8.06. The number of hydrogen-bond donors (Lipinski definition) is 1. The van der Waals surface area contributed by atoms with Crippen LogP contribution in [0.5, 0.6) is 0 Å². The van der Waals surface area contributed by atoms with Gasteiger partial charge < -0.3 is 22.0 Å².